The lowest BCUT2D eigenvalue weighted by atomic mass is 9.97. The molecule has 11 nitrogen and oxygen atoms in total. The first-order valence-corrected chi connectivity index (χ1v) is 17.6. The third-order valence-corrected chi connectivity index (χ3v) is 9.17. The van der Waals surface area contributed by atoms with Gasteiger partial charge in [-0.15, -0.1) is 0 Å². The molecule has 4 aromatic rings. The zero-order valence-corrected chi connectivity index (χ0v) is 29.2. The van der Waals surface area contributed by atoms with E-state index in [1.54, 1.807) is 0 Å². The summed E-state index contributed by atoms with van der Waals surface area (Å²) in [6.07, 6.45) is -10.5. The van der Waals surface area contributed by atoms with Gasteiger partial charge in [0.1, 0.15) is 48.8 Å². The van der Waals surface area contributed by atoms with Crippen molar-refractivity contribution in [2.45, 2.75) is 87.8 Å². The number of methoxy groups -OCH3 is 1. The van der Waals surface area contributed by atoms with Gasteiger partial charge in [0.15, 0.2) is 12.6 Å². The van der Waals surface area contributed by atoms with Crippen molar-refractivity contribution < 1.29 is 53.2 Å². The molecule has 2 heterocycles. The van der Waals surface area contributed by atoms with Crippen LogP contribution in [0.15, 0.2) is 121 Å². The van der Waals surface area contributed by atoms with Crippen molar-refractivity contribution in [3.8, 4) is 0 Å². The summed E-state index contributed by atoms with van der Waals surface area (Å²) in [6.45, 7) is 1.04. The van der Waals surface area contributed by atoms with Gasteiger partial charge in [0.2, 0.25) is 0 Å². The van der Waals surface area contributed by atoms with Gasteiger partial charge in [0.05, 0.1) is 39.6 Å². The second kappa shape index (κ2) is 19.5. The molecule has 2 aliphatic heterocycles. The summed E-state index contributed by atoms with van der Waals surface area (Å²) >= 11 is 0. The minimum atomic E-state index is -1.51. The van der Waals surface area contributed by atoms with Crippen LogP contribution in [0.3, 0.4) is 0 Å². The number of benzene rings is 4. The molecule has 0 saturated carbocycles. The van der Waals surface area contributed by atoms with Gasteiger partial charge in [-0.1, -0.05) is 121 Å². The summed E-state index contributed by atoms with van der Waals surface area (Å²) in [5.41, 5.74) is 3.88. The molecule has 278 valence electrons. The molecule has 0 unspecified atom stereocenters. The highest BCUT2D eigenvalue weighted by Crippen LogP contribution is 2.32. The molecule has 0 aliphatic carbocycles. The average molecular weight is 717 g/mol. The molecular formula is C41H48O11. The van der Waals surface area contributed by atoms with E-state index in [0.29, 0.717) is 6.61 Å². The Morgan fingerprint density at radius 3 is 1.38 bits per heavy atom. The van der Waals surface area contributed by atoms with Crippen molar-refractivity contribution >= 4 is 0 Å². The Hall–Kier alpha value is -3.56. The maximum Gasteiger partial charge on any atom is 0.187 e. The first kappa shape index (κ1) is 38.2. The summed E-state index contributed by atoms with van der Waals surface area (Å²) in [5.74, 6) is 0. The van der Waals surface area contributed by atoms with Gasteiger partial charge in [-0.25, -0.2) is 0 Å². The first-order chi connectivity index (χ1) is 25.5. The van der Waals surface area contributed by atoms with E-state index >= 15 is 0 Å². The van der Waals surface area contributed by atoms with E-state index in [4.69, 9.17) is 37.9 Å². The quantitative estimate of drug-likeness (QED) is 0.146. The minimum absolute atomic E-state index is 0.143. The van der Waals surface area contributed by atoms with Crippen molar-refractivity contribution in [3.63, 3.8) is 0 Å². The van der Waals surface area contributed by atoms with Crippen molar-refractivity contribution in [3.05, 3.63) is 144 Å². The molecule has 0 spiro atoms. The lowest BCUT2D eigenvalue weighted by Crippen LogP contribution is -2.63. The highest BCUT2D eigenvalue weighted by Gasteiger charge is 2.50. The fourth-order valence-corrected chi connectivity index (χ4v) is 6.32. The second-order valence-corrected chi connectivity index (χ2v) is 12.9. The van der Waals surface area contributed by atoms with Crippen LogP contribution in [0, 0.1) is 0 Å². The Balaban J connectivity index is 1.30. The largest absolute Gasteiger partial charge is 0.387 e. The van der Waals surface area contributed by atoms with Gasteiger partial charge in [0, 0.05) is 7.11 Å². The van der Waals surface area contributed by atoms with Crippen molar-refractivity contribution in [2.24, 2.45) is 0 Å². The zero-order chi connectivity index (χ0) is 36.1. The summed E-state index contributed by atoms with van der Waals surface area (Å²) in [5, 5.41) is 31.7. The van der Waals surface area contributed by atoms with Gasteiger partial charge >= 0.3 is 0 Å². The molecule has 0 amide bonds. The second-order valence-electron chi connectivity index (χ2n) is 12.9. The van der Waals surface area contributed by atoms with Crippen LogP contribution < -0.4 is 0 Å². The molecule has 2 fully saturated rings. The Kier molecular flexibility index (Phi) is 14.3. The van der Waals surface area contributed by atoms with Gasteiger partial charge in [-0.3, -0.25) is 0 Å². The normalized spacial score (nSPS) is 29.2. The first-order valence-electron chi connectivity index (χ1n) is 17.6. The molecule has 0 radical (unpaired) electrons. The van der Waals surface area contributed by atoms with E-state index < -0.39 is 61.4 Å². The lowest BCUT2D eigenvalue weighted by Gasteiger charge is -2.46. The highest BCUT2D eigenvalue weighted by atomic mass is 16.7. The van der Waals surface area contributed by atoms with E-state index in [-0.39, 0.29) is 33.0 Å². The SMILES string of the molecule is CO[C@H]1O[C@H](CO[C@H]2O[C@H](COCc3ccccc3)[C@H](OCc3ccccc3)[C@H](OCc3ccccc3)[C@H]2OCc2ccccc2)[C@@H](O)[C@H](O)[C@H]1O. The van der Waals surface area contributed by atoms with Gasteiger partial charge < -0.3 is 53.2 Å². The average Bonchev–Trinajstić information content (AvgIpc) is 3.19. The Morgan fingerprint density at radius 2 is 0.885 bits per heavy atom. The standard InChI is InChI=1S/C41H48O11/c1-45-40-36(44)35(43)34(42)32(51-40)27-50-41-39(49-25-31-20-12-5-13-21-31)38(48-24-30-18-10-4-11-19-30)37(47-23-29-16-8-3-9-17-29)33(52-41)26-46-22-28-14-6-2-7-15-28/h2-21,32-44H,22-27H2,1H3/t32-,33-,34-,35+,36-,37+,38+,39-,40+,41+/m1/s1. The molecular weight excluding hydrogens is 668 g/mol. The summed E-state index contributed by atoms with van der Waals surface area (Å²) in [4.78, 5) is 0. The summed E-state index contributed by atoms with van der Waals surface area (Å²) in [6, 6.07) is 39.3. The van der Waals surface area contributed by atoms with Crippen molar-refractivity contribution in [2.75, 3.05) is 20.3 Å². The molecule has 52 heavy (non-hydrogen) atoms. The fraction of sp³-hybridized carbons (Fsp3) is 0.415. The van der Waals surface area contributed by atoms with E-state index in [2.05, 4.69) is 0 Å². The predicted molar refractivity (Wildman–Crippen MR) is 189 cm³/mol. The van der Waals surface area contributed by atoms with Crippen LogP contribution in [0.1, 0.15) is 22.3 Å². The number of ether oxygens (including phenoxy) is 8. The molecule has 11 heteroatoms. The zero-order valence-electron chi connectivity index (χ0n) is 29.2. The third-order valence-electron chi connectivity index (χ3n) is 9.17. The van der Waals surface area contributed by atoms with Gasteiger partial charge in [0.25, 0.3) is 0 Å². The van der Waals surface area contributed by atoms with E-state index in [1.165, 1.54) is 7.11 Å². The molecule has 2 aliphatic rings. The van der Waals surface area contributed by atoms with Crippen LogP contribution in [0.2, 0.25) is 0 Å². The molecule has 0 aromatic heterocycles. The Morgan fingerprint density at radius 1 is 0.442 bits per heavy atom. The smallest absolute Gasteiger partial charge is 0.187 e. The molecule has 10 atom stereocenters. The maximum atomic E-state index is 10.8. The van der Waals surface area contributed by atoms with Crippen LogP contribution >= 0.6 is 0 Å². The Labute approximate surface area is 304 Å². The van der Waals surface area contributed by atoms with Crippen LogP contribution in [0.4, 0.5) is 0 Å². The minimum Gasteiger partial charge on any atom is -0.387 e. The van der Waals surface area contributed by atoms with Crippen molar-refractivity contribution in [1.29, 1.82) is 0 Å². The maximum absolute atomic E-state index is 10.8. The molecule has 4 aromatic carbocycles. The highest BCUT2D eigenvalue weighted by molar-refractivity contribution is 5.16. The number of aliphatic hydroxyl groups is 3. The van der Waals surface area contributed by atoms with E-state index in [0.717, 1.165) is 22.3 Å². The summed E-state index contributed by atoms with van der Waals surface area (Å²) in [7, 11) is 1.35. The number of hydrogen-bond donors (Lipinski definition) is 3. The fourth-order valence-electron chi connectivity index (χ4n) is 6.32. The van der Waals surface area contributed by atoms with Crippen LogP contribution in [0.5, 0.6) is 0 Å². The van der Waals surface area contributed by atoms with Crippen LogP contribution in [0.25, 0.3) is 0 Å². The van der Waals surface area contributed by atoms with E-state index in [9.17, 15) is 15.3 Å². The van der Waals surface area contributed by atoms with Gasteiger partial charge in [-0.2, -0.15) is 0 Å². The van der Waals surface area contributed by atoms with Crippen LogP contribution in [-0.4, -0.2) is 97.1 Å². The molecule has 2 saturated heterocycles. The molecule has 3 N–H and O–H groups in total. The van der Waals surface area contributed by atoms with Gasteiger partial charge in [-0.05, 0) is 22.3 Å². The van der Waals surface area contributed by atoms with Crippen LogP contribution in [-0.2, 0) is 64.3 Å². The number of hydrogen-bond acceptors (Lipinski definition) is 11. The monoisotopic (exact) mass is 716 g/mol. The topological polar surface area (TPSA) is 135 Å². The van der Waals surface area contributed by atoms with E-state index in [1.807, 2.05) is 121 Å². The number of rotatable bonds is 17. The molecule has 0 bridgehead atoms. The van der Waals surface area contributed by atoms with Crippen molar-refractivity contribution in [1.82, 2.24) is 0 Å². The predicted octanol–water partition coefficient (Wildman–Crippen LogP) is 4.15. The Bertz CT molecular complexity index is 1560. The molecule has 6 rings (SSSR count). The lowest BCUT2D eigenvalue weighted by molar-refractivity contribution is -0.343. The summed E-state index contributed by atoms with van der Waals surface area (Å²) < 4.78 is 50.3. The number of aliphatic hydroxyl groups excluding tert-OH is 3. The third kappa shape index (κ3) is 10.3.